The van der Waals surface area contributed by atoms with Crippen LogP contribution in [-0.4, -0.2) is 54.7 Å². The van der Waals surface area contributed by atoms with E-state index in [-0.39, 0.29) is 12.3 Å². The van der Waals surface area contributed by atoms with E-state index in [9.17, 15) is 9.59 Å². The number of morpholine rings is 1. The first-order chi connectivity index (χ1) is 13.6. The summed E-state index contributed by atoms with van der Waals surface area (Å²) in [6.07, 6.45) is 0.480. The van der Waals surface area contributed by atoms with Crippen LogP contribution in [-0.2, 0) is 16.1 Å². The summed E-state index contributed by atoms with van der Waals surface area (Å²) in [5.74, 6) is -0.926. The van der Waals surface area contributed by atoms with E-state index in [1.807, 2.05) is 54.6 Å². The fourth-order valence-electron chi connectivity index (χ4n) is 3.30. The van der Waals surface area contributed by atoms with Crippen LogP contribution < -0.4 is 4.90 Å². The van der Waals surface area contributed by atoms with Crippen molar-refractivity contribution in [3.8, 4) is 0 Å². The number of carbonyl (C=O) groups excluding carboxylic acids is 1. The highest BCUT2D eigenvalue weighted by Crippen LogP contribution is 2.18. The Labute approximate surface area is 165 Å². The van der Waals surface area contributed by atoms with E-state index >= 15 is 0 Å². The number of aliphatic carboxylic acids is 1. The van der Waals surface area contributed by atoms with Crippen molar-refractivity contribution >= 4 is 17.6 Å². The molecule has 1 fully saturated rings. The zero-order valence-corrected chi connectivity index (χ0v) is 15.9. The van der Waals surface area contributed by atoms with Crippen LogP contribution in [0.4, 0.5) is 5.69 Å². The Bertz CT molecular complexity index is 771. The first kappa shape index (κ1) is 19.9. The first-order valence-corrected chi connectivity index (χ1v) is 9.61. The lowest BCUT2D eigenvalue weighted by atomic mass is 10.1. The fraction of sp³-hybridized carbons (Fsp3) is 0.364. The summed E-state index contributed by atoms with van der Waals surface area (Å²) >= 11 is 0. The van der Waals surface area contributed by atoms with E-state index in [1.54, 1.807) is 4.90 Å². The quantitative estimate of drug-likeness (QED) is 0.760. The molecule has 0 saturated carbocycles. The molecule has 0 atom stereocenters. The van der Waals surface area contributed by atoms with Crippen molar-refractivity contribution in [3.05, 3.63) is 65.7 Å². The zero-order chi connectivity index (χ0) is 19.8. The van der Waals surface area contributed by atoms with Crippen LogP contribution in [0.1, 0.15) is 28.8 Å². The van der Waals surface area contributed by atoms with Gasteiger partial charge in [-0.1, -0.05) is 30.3 Å². The molecular weight excluding hydrogens is 356 g/mol. The van der Waals surface area contributed by atoms with Crippen LogP contribution in [0.2, 0.25) is 0 Å². The smallest absolute Gasteiger partial charge is 0.303 e. The van der Waals surface area contributed by atoms with Gasteiger partial charge in [0, 0.05) is 43.9 Å². The summed E-state index contributed by atoms with van der Waals surface area (Å²) in [6.45, 7) is 4.01. The highest BCUT2D eigenvalue weighted by molar-refractivity contribution is 5.94. The maximum absolute atomic E-state index is 13.1. The molecule has 0 aromatic heterocycles. The van der Waals surface area contributed by atoms with Gasteiger partial charge in [-0.05, 0) is 36.2 Å². The fourth-order valence-corrected chi connectivity index (χ4v) is 3.30. The van der Waals surface area contributed by atoms with E-state index in [4.69, 9.17) is 9.84 Å². The van der Waals surface area contributed by atoms with Gasteiger partial charge in [-0.3, -0.25) is 9.59 Å². The number of ether oxygens (including phenoxy) is 1. The topological polar surface area (TPSA) is 70.1 Å². The predicted octanol–water partition coefficient (Wildman–Crippen LogP) is 3.03. The Balaban J connectivity index is 1.70. The molecule has 2 aromatic carbocycles. The second-order valence-corrected chi connectivity index (χ2v) is 6.86. The van der Waals surface area contributed by atoms with Crippen molar-refractivity contribution in [3.63, 3.8) is 0 Å². The van der Waals surface area contributed by atoms with E-state index in [2.05, 4.69) is 4.90 Å². The van der Waals surface area contributed by atoms with Crippen LogP contribution in [0.25, 0.3) is 0 Å². The minimum Gasteiger partial charge on any atom is -0.481 e. The summed E-state index contributed by atoms with van der Waals surface area (Å²) in [5, 5.41) is 8.91. The second-order valence-electron chi connectivity index (χ2n) is 6.86. The van der Waals surface area contributed by atoms with Gasteiger partial charge in [0.2, 0.25) is 0 Å². The van der Waals surface area contributed by atoms with E-state index in [0.29, 0.717) is 25.1 Å². The van der Waals surface area contributed by atoms with Gasteiger partial charge in [0.05, 0.1) is 13.2 Å². The standard InChI is InChI=1S/C22H26N2O4/c25-21(26)7-4-12-24(17-18-5-2-1-3-6-18)22(27)19-8-10-20(11-9-19)23-13-15-28-16-14-23/h1-3,5-6,8-11H,4,7,12-17H2,(H,25,26). The molecule has 2 aromatic rings. The van der Waals surface area contributed by atoms with Crippen LogP contribution in [0.5, 0.6) is 0 Å². The number of carbonyl (C=O) groups is 2. The molecule has 6 heteroatoms. The Morgan fingerprint density at radius 3 is 2.32 bits per heavy atom. The normalized spacial score (nSPS) is 13.9. The Morgan fingerprint density at radius 1 is 1.00 bits per heavy atom. The maximum atomic E-state index is 13.1. The molecule has 28 heavy (non-hydrogen) atoms. The second kappa shape index (κ2) is 9.90. The number of hydrogen-bond acceptors (Lipinski definition) is 4. The molecule has 1 aliphatic rings. The van der Waals surface area contributed by atoms with E-state index in [1.165, 1.54) is 0 Å². The Kier molecular flexibility index (Phi) is 7.03. The molecule has 3 rings (SSSR count). The number of carboxylic acids is 1. The molecule has 0 aliphatic carbocycles. The van der Waals surface area contributed by atoms with Crippen molar-refractivity contribution in [1.29, 1.82) is 0 Å². The largest absolute Gasteiger partial charge is 0.481 e. The summed E-state index contributed by atoms with van der Waals surface area (Å²) in [6, 6.07) is 17.4. The summed E-state index contributed by atoms with van der Waals surface area (Å²) in [4.78, 5) is 27.9. The van der Waals surface area contributed by atoms with Gasteiger partial charge < -0.3 is 19.6 Å². The first-order valence-electron chi connectivity index (χ1n) is 9.61. The predicted molar refractivity (Wildman–Crippen MR) is 108 cm³/mol. The number of nitrogens with zero attached hydrogens (tertiary/aromatic N) is 2. The molecule has 0 radical (unpaired) electrons. The lowest BCUT2D eigenvalue weighted by Gasteiger charge is -2.29. The van der Waals surface area contributed by atoms with Crippen LogP contribution in [0.3, 0.4) is 0 Å². The average molecular weight is 382 g/mol. The van der Waals surface area contributed by atoms with Gasteiger partial charge in [0.15, 0.2) is 0 Å². The highest BCUT2D eigenvalue weighted by atomic mass is 16.5. The lowest BCUT2D eigenvalue weighted by molar-refractivity contribution is -0.137. The number of amides is 1. The Morgan fingerprint density at radius 2 is 1.68 bits per heavy atom. The third-order valence-corrected chi connectivity index (χ3v) is 4.81. The SMILES string of the molecule is O=C(O)CCCN(Cc1ccccc1)C(=O)c1ccc(N2CCOCC2)cc1. The molecule has 148 valence electrons. The molecule has 1 amide bonds. The highest BCUT2D eigenvalue weighted by Gasteiger charge is 2.18. The van der Waals surface area contributed by atoms with Gasteiger partial charge in [-0.15, -0.1) is 0 Å². The van der Waals surface area contributed by atoms with E-state index in [0.717, 1.165) is 37.6 Å². The van der Waals surface area contributed by atoms with Crippen LogP contribution in [0.15, 0.2) is 54.6 Å². The van der Waals surface area contributed by atoms with Gasteiger partial charge in [0.25, 0.3) is 5.91 Å². The minimum absolute atomic E-state index is 0.0501. The number of benzene rings is 2. The van der Waals surface area contributed by atoms with Crippen molar-refractivity contribution < 1.29 is 19.4 Å². The third kappa shape index (κ3) is 5.57. The monoisotopic (exact) mass is 382 g/mol. The number of rotatable bonds is 8. The third-order valence-electron chi connectivity index (χ3n) is 4.81. The number of hydrogen-bond donors (Lipinski definition) is 1. The van der Waals surface area contributed by atoms with Gasteiger partial charge in [0.1, 0.15) is 0 Å². The van der Waals surface area contributed by atoms with Crippen LogP contribution >= 0.6 is 0 Å². The lowest BCUT2D eigenvalue weighted by Crippen LogP contribution is -2.36. The molecule has 1 heterocycles. The average Bonchev–Trinajstić information content (AvgIpc) is 2.74. The number of anilines is 1. The molecule has 6 nitrogen and oxygen atoms in total. The molecule has 1 aliphatic heterocycles. The van der Waals surface area contributed by atoms with Crippen molar-refractivity contribution in [2.75, 3.05) is 37.7 Å². The van der Waals surface area contributed by atoms with E-state index < -0.39 is 5.97 Å². The van der Waals surface area contributed by atoms with Crippen molar-refractivity contribution in [2.45, 2.75) is 19.4 Å². The summed E-state index contributed by atoms with van der Waals surface area (Å²) in [5.41, 5.74) is 2.72. The Hall–Kier alpha value is -2.86. The molecule has 0 spiro atoms. The summed E-state index contributed by atoms with van der Waals surface area (Å²) < 4.78 is 5.38. The van der Waals surface area contributed by atoms with Gasteiger partial charge >= 0.3 is 5.97 Å². The van der Waals surface area contributed by atoms with Crippen molar-refractivity contribution in [1.82, 2.24) is 4.90 Å². The molecule has 1 N–H and O–H groups in total. The number of carboxylic acid groups (broad SMARTS) is 1. The summed E-state index contributed by atoms with van der Waals surface area (Å²) in [7, 11) is 0. The molecule has 0 unspecified atom stereocenters. The maximum Gasteiger partial charge on any atom is 0.303 e. The van der Waals surface area contributed by atoms with Crippen molar-refractivity contribution in [2.24, 2.45) is 0 Å². The molecular formula is C22H26N2O4. The molecule has 1 saturated heterocycles. The molecule has 0 bridgehead atoms. The minimum atomic E-state index is -0.845. The van der Waals surface area contributed by atoms with Gasteiger partial charge in [-0.2, -0.15) is 0 Å². The van der Waals surface area contributed by atoms with Gasteiger partial charge in [-0.25, -0.2) is 0 Å². The zero-order valence-electron chi connectivity index (χ0n) is 15.9. The van der Waals surface area contributed by atoms with Crippen LogP contribution in [0, 0.1) is 0 Å².